The van der Waals surface area contributed by atoms with Gasteiger partial charge < -0.3 is 33.3 Å². The van der Waals surface area contributed by atoms with Crippen molar-refractivity contribution in [2.45, 2.75) is 238 Å². The molecule has 0 saturated carbocycles. The van der Waals surface area contributed by atoms with Gasteiger partial charge in [0.2, 0.25) is 0 Å². The van der Waals surface area contributed by atoms with E-state index in [4.69, 9.17) is 18.9 Å². The maximum Gasteiger partial charge on any atom is 0.306 e. The molecular weight excluding hydrogens is 779 g/mol. The normalized spacial score (nSPS) is 13.1. The number of aliphatic carboxylic acids is 1. The minimum atomic E-state index is -1.62. The summed E-state index contributed by atoms with van der Waals surface area (Å²) in [5.41, 5.74) is 0. The van der Waals surface area contributed by atoms with Gasteiger partial charge in [-0.1, -0.05) is 179 Å². The number of quaternary nitrogens is 1. The number of esters is 2. The van der Waals surface area contributed by atoms with E-state index in [-0.39, 0.29) is 38.6 Å². The van der Waals surface area contributed by atoms with Crippen LogP contribution in [0.3, 0.4) is 0 Å². The van der Waals surface area contributed by atoms with E-state index in [2.05, 4.69) is 50.3 Å². The number of nitrogens with zero attached hydrogens (tertiary/aromatic N) is 1. The highest BCUT2D eigenvalue weighted by molar-refractivity contribution is 5.70. The zero-order chi connectivity index (χ0) is 45.6. The summed E-state index contributed by atoms with van der Waals surface area (Å²) in [5, 5.41) is 11.7. The van der Waals surface area contributed by atoms with Gasteiger partial charge >= 0.3 is 11.9 Å². The predicted octanol–water partition coefficient (Wildman–Crippen LogP) is 12.8. The van der Waals surface area contributed by atoms with Crippen LogP contribution in [0.2, 0.25) is 0 Å². The maximum absolute atomic E-state index is 12.8. The molecule has 0 N–H and O–H groups in total. The van der Waals surface area contributed by atoms with Gasteiger partial charge in [-0.05, 0) is 70.6 Å². The Kier molecular flexibility index (Phi) is 43.3. The molecule has 9 heteroatoms. The lowest BCUT2D eigenvalue weighted by Gasteiger charge is -2.26. The monoisotopic (exact) mass is 876 g/mol. The van der Waals surface area contributed by atoms with E-state index in [1.54, 1.807) is 0 Å². The summed E-state index contributed by atoms with van der Waals surface area (Å²) in [6, 6.07) is 0. The molecule has 2 unspecified atom stereocenters. The first-order valence-corrected chi connectivity index (χ1v) is 25.6. The quantitative estimate of drug-likeness (QED) is 0.0195. The molecule has 2 atom stereocenters. The van der Waals surface area contributed by atoms with Crippen LogP contribution in [0.5, 0.6) is 0 Å². The van der Waals surface area contributed by atoms with Crippen LogP contribution in [0, 0.1) is 0 Å². The number of carbonyl (C=O) groups is 3. The predicted molar refractivity (Wildman–Crippen MR) is 256 cm³/mol. The van der Waals surface area contributed by atoms with Crippen molar-refractivity contribution in [2.75, 3.05) is 47.5 Å². The number of likely N-dealkylation sites (N-methyl/N-ethyl adjacent to an activating group) is 1. The van der Waals surface area contributed by atoms with Crippen molar-refractivity contribution in [3.63, 3.8) is 0 Å². The van der Waals surface area contributed by atoms with Crippen LogP contribution in [0.25, 0.3) is 0 Å². The fraction of sp³-hybridized carbons (Fsp3) is 0.830. The maximum atomic E-state index is 12.8. The standard InChI is InChI=1S/C53H97NO8/c1-6-8-10-12-14-16-18-20-22-24-25-26-27-28-30-31-33-35-37-39-41-43-50(55)60-47-49(48-61-53(52(57)58)59-46-45-54(3,4)5)62-51(56)44-42-40-38-36-34-32-29-23-21-19-17-15-13-11-9-7-2/h17,19,23-25,29,49,53H,6-16,18,20-22,26-28,30-48H2,1-5H3/b19-17-,25-24-,29-23-. The molecule has 0 radical (unpaired) electrons. The van der Waals surface area contributed by atoms with Crippen LogP contribution in [0.4, 0.5) is 0 Å². The van der Waals surface area contributed by atoms with Crippen molar-refractivity contribution in [1.29, 1.82) is 0 Å². The smallest absolute Gasteiger partial charge is 0.306 e. The Balaban J connectivity index is 4.34. The van der Waals surface area contributed by atoms with Crippen LogP contribution in [-0.4, -0.2) is 82.3 Å². The second-order valence-corrected chi connectivity index (χ2v) is 18.5. The largest absolute Gasteiger partial charge is 0.545 e. The summed E-state index contributed by atoms with van der Waals surface area (Å²) in [5.74, 6) is -2.30. The first-order chi connectivity index (χ1) is 30.1. The molecule has 0 aliphatic rings. The van der Waals surface area contributed by atoms with Crippen molar-refractivity contribution in [3.05, 3.63) is 36.5 Å². The van der Waals surface area contributed by atoms with Crippen LogP contribution in [0.15, 0.2) is 36.5 Å². The Hall–Kier alpha value is -2.49. The number of hydrogen-bond donors (Lipinski definition) is 0. The lowest BCUT2D eigenvalue weighted by molar-refractivity contribution is -0.870. The number of carboxylic acid groups (broad SMARTS) is 1. The summed E-state index contributed by atoms with van der Waals surface area (Å²) in [6.07, 6.45) is 48.9. The summed E-state index contributed by atoms with van der Waals surface area (Å²) in [4.78, 5) is 37.1. The molecule has 0 aromatic rings. The number of rotatable bonds is 47. The lowest BCUT2D eigenvalue weighted by atomic mass is 10.1. The highest BCUT2D eigenvalue weighted by atomic mass is 16.7. The molecular formula is C53H97NO8. The van der Waals surface area contributed by atoms with Crippen molar-refractivity contribution < 1.29 is 42.9 Å². The molecule has 0 spiro atoms. The molecule has 0 aromatic heterocycles. The average molecular weight is 876 g/mol. The summed E-state index contributed by atoms with van der Waals surface area (Å²) in [7, 11) is 5.91. The Morgan fingerprint density at radius 3 is 1.31 bits per heavy atom. The molecule has 0 saturated heterocycles. The van der Waals surface area contributed by atoms with Crippen molar-refractivity contribution in [1.82, 2.24) is 0 Å². The first kappa shape index (κ1) is 59.5. The number of carboxylic acids is 1. The van der Waals surface area contributed by atoms with E-state index >= 15 is 0 Å². The van der Waals surface area contributed by atoms with Crippen molar-refractivity contribution in [2.24, 2.45) is 0 Å². The summed E-state index contributed by atoms with van der Waals surface area (Å²) in [6.45, 7) is 4.72. The molecule has 0 bridgehead atoms. The van der Waals surface area contributed by atoms with Crippen LogP contribution < -0.4 is 5.11 Å². The highest BCUT2D eigenvalue weighted by Gasteiger charge is 2.22. The second kappa shape index (κ2) is 45.1. The number of hydrogen-bond acceptors (Lipinski definition) is 8. The SMILES string of the molecule is CCCCCC/C=C\C/C=C\CCCCCCCC(=O)OC(COC(=O)CCCCCCCCCCC/C=C\CCCCCCCCCC)COC(OCC[N+](C)(C)C)C(=O)[O-]. The third-order valence-electron chi connectivity index (χ3n) is 11.1. The van der Waals surface area contributed by atoms with Gasteiger partial charge in [0.15, 0.2) is 12.4 Å². The third kappa shape index (κ3) is 45.5. The second-order valence-electron chi connectivity index (χ2n) is 18.5. The molecule has 0 heterocycles. The van der Waals surface area contributed by atoms with E-state index in [1.165, 1.54) is 135 Å². The molecule has 0 rings (SSSR count). The van der Waals surface area contributed by atoms with Gasteiger partial charge in [0, 0.05) is 12.8 Å². The van der Waals surface area contributed by atoms with Gasteiger partial charge in [-0.2, -0.15) is 0 Å². The molecule has 362 valence electrons. The van der Waals surface area contributed by atoms with Gasteiger partial charge in [0.1, 0.15) is 13.2 Å². The molecule has 0 fully saturated rings. The fourth-order valence-electron chi connectivity index (χ4n) is 7.09. The van der Waals surface area contributed by atoms with Gasteiger partial charge in [0.25, 0.3) is 0 Å². The third-order valence-corrected chi connectivity index (χ3v) is 11.1. The number of carbonyl (C=O) groups excluding carboxylic acids is 3. The molecule has 0 aromatic carbocycles. The number of unbranched alkanes of at least 4 members (excludes halogenated alkanes) is 26. The summed E-state index contributed by atoms with van der Waals surface area (Å²) >= 11 is 0. The first-order valence-electron chi connectivity index (χ1n) is 25.6. The molecule has 0 aliphatic heterocycles. The van der Waals surface area contributed by atoms with Gasteiger partial charge in [-0.25, -0.2) is 0 Å². The molecule has 0 amide bonds. The van der Waals surface area contributed by atoms with E-state index in [0.29, 0.717) is 17.4 Å². The minimum Gasteiger partial charge on any atom is -0.545 e. The molecule has 62 heavy (non-hydrogen) atoms. The molecule has 9 nitrogen and oxygen atoms in total. The Labute approximate surface area is 381 Å². The van der Waals surface area contributed by atoms with Gasteiger partial charge in [0.05, 0.1) is 40.3 Å². The van der Waals surface area contributed by atoms with E-state index in [0.717, 1.165) is 57.8 Å². The average Bonchev–Trinajstić information content (AvgIpc) is 3.23. The van der Waals surface area contributed by atoms with Gasteiger partial charge in [-0.3, -0.25) is 9.59 Å². The topological polar surface area (TPSA) is 111 Å². The summed E-state index contributed by atoms with van der Waals surface area (Å²) < 4.78 is 22.6. The van der Waals surface area contributed by atoms with Gasteiger partial charge in [-0.15, -0.1) is 0 Å². The Morgan fingerprint density at radius 1 is 0.484 bits per heavy atom. The van der Waals surface area contributed by atoms with Crippen LogP contribution in [-0.2, 0) is 33.3 Å². The minimum absolute atomic E-state index is 0.145. The number of ether oxygens (including phenoxy) is 4. The van der Waals surface area contributed by atoms with Crippen LogP contribution in [0.1, 0.15) is 226 Å². The zero-order valence-electron chi connectivity index (χ0n) is 41.0. The van der Waals surface area contributed by atoms with E-state index < -0.39 is 24.3 Å². The van der Waals surface area contributed by atoms with E-state index in [1.807, 2.05) is 21.1 Å². The molecule has 0 aliphatic carbocycles. The van der Waals surface area contributed by atoms with E-state index in [9.17, 15) is 19.5 Å². The fourth-order valence-corrected chi connectivity index (χ4v) is 7.09. The number of allylic oxidation sites excluding steroid dienone is 6. The zero-order valence-corrected chi connectivity index (χ0v) is 41.0. The Bertz CT molecular complexity index is 1110. The van der Waals surface area contributed by atoms with Crippen molar-refractivity contribution >= 4 is 17.9 Å². The lowest BCUT2D eigenvalue weighted by Crippen LogP contribution is -2.44. The van der Waals surface area contributed by atoms with Crippen LogP contribution >= 0.6 is 0 Å². The van der Waals surface area contributed by atoms with Crippen molar-refractivity contribution in [3.8, 4) is 0 Å². The Morgan fingerprint density at radius 2 is 0.871 bits per heavy atom. The highest BCUT2D eigenvalue weighted by Crippen LogP contribution is 2.15.